The number of amides is 1. The van der Waals surface area contributed by atoms with E-state index in [2.05, 4.69) is 21.6 Å². The second kappa shape index (κ2) is 7.66. The summed E-state index contributed by atoms with van der Waals surface area (Å²) in [5.41, 5.74) is 5.22. The van der Waals surface area contributed by atoms with Crippen LogP contribution in [0.3, 0.4) is 0 Å². The first-order valence-corrected chi connectivity index (χ1v) is 8.94. The van der Waals surface area contributed by atoms with E-state index in [9.17, 15) is 4.79 Å². The number of rotatable bonds is 5. The Morgan fingerprint density at radius 1 is 1.12 bits per heavy atom. The minimum Gasteiger partial charge on any atom is -0.326 e. The van der Waals surface area contributed by atoms with Crippen LogP contribution in [0.1, 0.15) is 23.1 Å². The van der Waals surface area contributed by atoms with Crippen LogP contribution in [0.15, 0.2) is 42.5 Å². The molecule has 3 rings (SSSR count). The average Bonchev–Trinajstić information content (AvgIpc) is 2.97. The SMILES string of the molecule is Cc1ccc(-c2n[nH]c(=S)n2CCC(=O)Nc2ccc(C)cc2C)cc1. The summed E-state index contributed by atoms with van der Waals surface area (Å²) >= 11 is 5.33. The predicted octanol–water partition coefficient (Wildman–Crippen LogP) is 4.56. The van der Waals surface area contributed by atoms with E-state index >= 15 is 0 Å². The number of nitrogens with zero attached hydrogens (tertiary/aromatic N) is 2. The Labute approximate surface area is 158 Å². The van der Waals surface area contributed by atoms with Crippen molar-refractivity contribution >= 4 is 23.8 Å². The van der Waals surface area contributed by atoms with Gasteiger partial charge in [-0.1, -0.05) is 47.5 Å². The molecule has 6 heteroatoms. The Morgan fingerprint density at radius 3 is 2.50 bits per heavy atom. The number of benzene rings is 2. The molecule has 0 unspecified atom stereocenters. The zero-order valence-corrected chi connectivity index (χ0v) is 16.0. The van der Waals surface area contributed by atoms with Gasteiger partial charge in [0, 0.05) is 24.2 Å². The zero-order valence-electron chi connectivity index (χ0n) is 15.2. The monoisotopic (exact) mass is 366 g/mol. The fraction of sp³-hybridized carbons (Fsp3) is 0.250. The third-order valence-electron chi connectivity index (χ3n) is 4.29. The molecule has 1 heterocycles. The molecule has 0 spiro atoms. The van der Waals surface area contributed by atoms with E-state index in [4.69, 9.17) is 12.2 Å². The maximum atomic E-state index is 12.4. The van der Waals surface area contributed by atoms with E-state index in [1.807, 2.05) is 61.7 Å². The first-order valence-electron chi connectivity index (χ1n) is 8.53. The van der Waals surface area contributed by atoms with Gasteiger partial charge in [-0.05, 0) is 44.6 Å². The van der Waals surface area contributed by atoms with Crippen molar-refractivity contribution in [1.29, 1.82) is 0 Å². The molecule has 0 atom stereocenters. The first kappa shape index (κ1) is 18.1. The molecule has 1 amide bonds. The number of nitrogens with one attached hydrogen (secondary N) is 2. The van der Waals surface area contributed by atoms with E-state index in [0.29, 0.717) is 17.7 Å². The highest BCUT2D eigenvalue weighted by atomic mass is 32.1. The van der Waals surface area contributed by atoms with Crippen LogP contribution in [0.5, 0.6) is 0 Å². The van der Waals surface area contributed by atoms with Gasteiger partial charge in [0.15, 0.2) is 10.6 Å². The van der Waals surface area contributed by atoms with Gasteiger partial charge in [0.1, 0.15) is 0 Å². The van der Waals surface area contributed by atoms with Crippen LogP contribution < -0.4 is 5.32 Å². The summed E-state index contributed by atoms with van der Waals surface area (Å²) in [6.45, 7) is 6.53. The molecule has 0 saturated heterocycles. The molecule has 0 fully saturated rings. The molecule has 5 nitrogen and oxygen atoms in total. The molecule has 0 aliphatic rings. The molecule has 26 heavy (non-hydrogen) atoms. The smallest absolute Gasteiger partial charge is 0.226 e. The molecule has 134 valence electrons. The first-order chi connectivity index (χ1) is 12.4. The lowest BCUT2D eigenvalue weighted by Crippen LogP contribution is -2.15. The van der Waals surface area contributed by atoms with Gasteiger partial charge in [-0.2, -0.15) is 5.10 Å². The molecule has 0 radical (unpaired) electrons. The third kappa shape index (κ3) is 4.08. The van der Waals surface area contributed by atoms with Crippen molar-refractivity contribution in [3.63, 3.8) is 0 Å². The van der Waals surface area contributed by atoms with Gasteiger partial charge >= 0.3 is 0 Å². The molecule has 0 bridgehead atoms. The quantitative estimate of drug-likeness (QED) is 0.651. The van der Waals surface area contributed by atoms with Crippen LogP contribution in [-0.4, -0.2) is 20.7 Å². The fourth-order valence-electron chi connectivity index (χ4n) is 2.83. The Balaban J connectivity index is 1.71. The number of hydrogen-bond acceptors (Lipinski definition) is 3. The number of aromatic nitrogens is 3. The van der Waals surface area contributed by atoms with Crippen molar-refractivity contribution in [2.24, 2.45) is 0 Å². The minimum absolute atomic E-state index is 0.0464. The van der Waals surface area contributed by atoms with Crippen LogP contribution in [0.4, 0.5) is 5.69 Å². The Hall–Kier alpha value is -2.73. The number of aromatic amines is 1. The zero-order chi connectivity index (χ0) is 18.7. The highest BCUT2D eigenvalue weighted by Gasteiger charge is 2.11. The van der Waals surface area contributed by atoms with E-state index < -0.39 is 0 Å². The number of hydrogen-bond donors (Lipinski definition) is 2. The van der Waals surface area contributed by atoms with Gasteiger partial charge in [0.25, 0.3) is 0 Å². The van der Waals surface area contributed by atoms with Gasteiger partial charge < -0.3 is 5.32 Å². The molecule has 2 aromatic carbocycles. The maximum Gasteiger partial charge on any atom is 0.226 e. The van der Waals surface area contributed by atoms with Gasteiger partial charge in [0.05, 0.1) is 0 Å². The number of anilines is 1. The van der Waals surface area contributed by atoms with E-state index in [1.165, 1.54) is 11.1 Å². The summed E-state index contributed by atoms with van der Waals surface area (Å²) in [7, 11) is 0. The van der Waals surface area contributed by atoms with E-state index in [0.717, 1.165) is 22.6 Å². The molecular formula is C20H22N4OS. The lowest BCUT2D eigenvalue weighted by molar-refractivity contribution is -0.116. The molecule has 2 N–H and O–H groups in total. The van der Waals surface area contributed by atoms with Crippen molar-refractivity contribution in [2.45, 2.75) is 33.7 Å². The summed E-state index contributed by atoms with van der Waals surface area (Å²) < 4.78 is 2.38. The van der Waals surface area contributed by atoms with Crippen LogP contribution in [0, 0.1) is 25.5 Å². The van der Waals surface area contributed by atoms with E-state index in [1.54, 1.807) is 0 Å². The average molecular weight is 366 g/mol. The highest BCUT2D eigenvalue weighted by Crippen LogP contribution is 2.19. The Morgan fingerprint density at radius 2 is 1.81 bits per heavy atom. The number of H-pyrrole nitrogens is 1. The Bertz CT molecular complexity index is 986. The van der Waals surface area contributed by atoms with Crippen LogP contribution in [0.25, 0.3) is 11.4 Å². The summed E-state index contributed by atoms with van der Waals surface area (Å²) in [5, 5.41) is 10.1. The van der Waals surface area contributed by atoms with Crippen molar-refractivity contribution < 1.29 is 4.79 Å². The largest absolute Gasteiger partial charge is 0.326 e. The lowest BCUT2D eigenvalue weighted by Gasteiger charge is -2.10. The van der Waals surface area contributed by atoms with Crippen LogP contribution in [0.2, 0.25) is 0 Å². The number of carbonyl (C=O) groups excluding carboxylic acids is 1. The van der Waals surface area contributed by atoms with Crippen molar-refractivity contribution in [1.82, 2.24) is 14.8 Å². The minimum atomic E-state index is -0.0464. The number of aryl methyl sites for hydroxylation is 3. The topological polar surface area (TPSA) is 62.7 Å². The van der Waals surface area contributed by atoms with Crippen molar-refractivity contribution in [3.05, 3.63) is 63.9 Å². The molecule has 1 aromatic heterocycles. The second-order valence-corrected chi connectivity index (χ2v) is 6.87. The van der Waals surface area contributed by atoms with E-state index in [-0.39, 0.29) is 5.91 Å². The molecule has 0 saturated carbocycles. The van der Waals surface area contributed by atoms with Crippen molar-refractivity contribution in [3.8, 4) is 11.4 Å². The summed E-state index contributed by atoms with van der Waals surface area (Å²) in [4.78, 5) is 12.4. The number of carbonyl (C=O) groups is 1. The molecule has 0 aliphatic carbocycles. The van der Waals surface area contributed by atoms with Gasteiger partial charge in [-0.3, -0.25) is 14.5 Å². The summed E-state index contributed by atoms with van der Waals surface area (Å²) in [6, 6.07) is 14.1. The lowest BCUT2D eigenvalue weighted by atomic mass is 10.1. The van der Waals surface area contributed by atoms with Gasteiger partial charge in [-0.15, -0.1) is 0 Å². The van der Waals surface area contributed by atoms with Crippen LogP contribution in [-0.2, 0) is 11.3 Å². The molecule has 0 aliphatic heterocycles. The van der Waals surface area contributed by atoms with Gasteiger partial charge in [0.2, 0.25) is 5.91 Å². The fourth-order valence-corrected chi connectivity index (χ4v) is 3.05. The highest BCUT2D eigenvalue weighted by molar-refractivity contribution is 7.71. The summed E-state index contributed by atoms with van der Waals surface area (Å²) in [6.07, 6.45) is 0.319. The van der Waals surface area contributed by atoms with Crippen LogP contribution >= 0.6 is 12.2 Å². The van der Waals surface area contributed by atoms with Crippen molar-refractivity contribution in [2.75, 3.05) is 5.32 Å². The Kier molecular flexibility index (Phi) is 5.32. The summed E-state index contributed by atoms with van der Waals surface area (Å²) in [5.74, 6) is 0.698. The molecular weight excluding hydrogens is 344 g/mol. The predicted molar refractivity (Wildman–Crippen MR) is 107 cm³/mol. The maximum absolute atomic E-state index is 12.4. The second-order valence-electron chi connectivity index (χ2n) is 6.49. The van der Waals surface area contributed by atoms with Gasteiger partial charge in [-0.25, -0.2) is 0 Å². The normalized spacial score (nSPS) is 10.7. The third-order valence-corrected chi connectivity index (χ3v) is 4.60. The standard InChI is InChI=1S/C20H22N4OS/c1-13-4-7-16(8-5-13)19-22-23-20(26)24(19)11-10-18(25)21-17-9-6-14(2)12-15(17)3/h4-9,12H,10-11H2,1-3H3,(H,21,25)(H,23,26). The molecule has 3 aromatic rings.